The van der Waals surface area contributed by atoms with Crippen LogP contribution in [-0.4, -0.2) is 24.4 Å². The lowest BCUT2D eigenvalue weighted by Gasteiger charge is -2.36. The van der Waals surface area contributed by atoms with Crippen LogP contribution in [0.4, 0.5) is 5.82 Å². The Morgan fingerprint density at radius 1 is 1.43 bits per heavy atom. The average Bonchev–Trinajstić information content (AvgIpc) is 2.34. The van der Waals surface area contributed by atoms with Crippen LogP contribution in [0.25, 0.3) is 0 Å². The highest BCUT2D eigenvalue weighted by molar-refractivity contribution is 9.10. The lowest BCUT2D eigenvalue weighted by Crippen LogP contribution is -2.41. The lowest BCUT2D eigenvalue weighted by atomic mass is 10.2. The van der Waals surface area contributed by atoms with Crippen LogP contribution in [0.1, 0.15) is 20.8 Å². The zero-order chi connectivity index (χ0) is 16.3. The highest BCUT2D eigenvalue weighted by Crippen LogP contribution is 2.37. The number of carboxylic acid groups (broad SMARTS) is 1. The van der Waals surface area contributed by atoms with Gasteiger partial charge in [-0.05, 0) is 46.2 Å². The molecule has 0 aromatic carbocycles. The summed E-state index contributed by atoms with van der Waals surface area (Å²) < 4.78 is 6.66. The molecular weight excluding hydrogens is 352 g/mol. The number of nitrogens with one attached hydrogen (secondary N) is 1. The van der Waals surface area contributed by atoms with Gasteiger partial charge in [0, 0.05) is 10.7 Å². The van der Waals surface area contributed by atoms with Crippen LogP contribution in [0, 0.1) is 0 Å². The fourth-order valence-corrected chi connectivity index (χ4v) is 2.40. The Morgan fingerprint density at radius 2 is 2.05 bits per heavy atom. The third-order valence-corrected chi connectivity index (χ3v) is 8.27. The molecule has 1 aromatic heterocycles. The maximum Gasteiger partial charge on any atom is 0.371 e. The van der Waals surface area contributed by atoms with Crippen molar-refractivity contribution in [1.29, 1.82) is 0 Å². The van der Waals surface area contributed by atoms with Gasteiger partial charge in [-0.15, -0.1) is 0 Å². The largest absolute Gasteiger partial charge is 0.538 e. The van der Waals surface area contributed by atoms with E-state index in [2.05, 4.69) is 47.0 Å². The summed E-state index contributed by atoms with van der Waals surface area (Å²) in [4.78, 5) is 15.5. The average molecular weight is 373 g/mol. The van der Waals surface area contributed by atoms with Gasteiger partial charge in [0.2, 0.25) is 5.76 Å². The number of hydrogen-bond acceptors (Lipinski definition) is 4. The number of anilines is 1. The topological polar surface area (TPSA) is 71.5 Å². The van der Waals surface area contributed by atoms with Gasteiger partial charge in [0.25, 0.3) is 8.32 Å². The van der Waals surface area contributed by atoms with Crippen molar-refractivity contribution in [2.45, 2.75) is 38.9 Å². The molecule has 0 spiro atoms. The van der Waals surface area contributed by atoms with E-state index in [1.807, 2.05) is 19.2 Å². The van der Waals surface area contributed by atoms with Gasteiger partial charge < -0.3 is 14.8 Å². The van der Waals surface area contributed by atoms with E-state index in [1.54, 1.807) is 12.3 Å². The quantitative estimate of drug-likeness (QED) is 0.460. The summed E-state index contributed by atoms with van der Waals surface area (Å²) in [6.07, 6.45) is 2.98. The monoisotopic (exact) mass is 372 g/mol. The predicted octanol–water partition coefficient (Wildman–Crippen LogP) is 4.20. The standard InChI is InChI=1S/C14H21BrN2O3Si/c1-14(2,3)21(4,5)20-11(13(18)19)9-17-12-7-6-10(15)8-16-12/h6-9H,1-5H3,(H,16,17)(H,18,19). The Labute approximate surface area is 134 Å². The van der Waals surface area contributed by atoms with Crippen molar-refractivity contribution in [3.05, 3.63) is 34.8 Å². The molecule has 0 amide bonds. The predicted molar refractivity (Wildman–Crippen MR) is 89.6 cm³/mol. The summed E-state index contributed by atoms with van der Waals surface area (Å²) in [5, 5.41) is 12.1. The third kappa shape index (κ3) is 5.17. The van der Waals surface area contributed by atoms with Crippen LogP contribution in [0.2, 0.25) is 18.1 Å². The molecule has 0 atom stereocenters. The molecule has 2 N–H and O–H groups in total. The number of carboxylic acids is 1. The highest BCUT2D eigenvalue weighted by Gasteiger charge is 2.40. The van der Waals surface area contributed by atoms with Crippen molar-refractivity contribution in [3.63, 3.8) is 0 Å². The van der Waals surface area contributed by atoms with Crippen molar-refractivity contribution >= 4 is 36.0 Å². The van der Waals surface area contributed by atoms with Gasteiger partial charge in [-0.3, -0.25) is 0 Å². The van der Waals surface area contributed by atoms with Crippen LogP contribution in [0.15, 0.2) is 34.8 Å². The zero-order valence-corrected chi connectivity index (χ0v) is 15.5. The minimum Gasteiger partial charge on any atom is -0.538 e. The van der Waals surface area contributed by atoms with Crippen molar-refractivity contribution in [2.24, 2.45) is 0 Å². The molecule has 0 unspecified atom stereocenters. The van der Waals surface area contributed by atoms with Crippen LogP contribution in [0.5, 0.6) is 0 Å². The minimum atomic E-state index is -2.19. The normalized spacial score (nSPS) is 13.0. The van der Waals surface area contributed by atoms with Gasteiger partial charge in [-0.2, -0.15) is 0 Å². The van der Waals surface area contributed by atoms with E-state index in [4.69, 9.17) is 4.43 Å². The highest BCUT2D eigenvalue weighted by atomic mass is 79.9. The number of aliphatic carboxylic acids is 1. The fraction of sp³-hybridized carbons (Fsp3) is 0.429. The van der Waals surface area contributed by atoms with Crippen molar-refractivity contribution in [3.8, 4) is 0 Å². The van der Waals surface area contributed by atoms with Gasteiger partial charge in [0.15, 0.2) is 0 Å². The summed E-state index contributed by atoms with van der Waals surface area (Å²) in [6.45, 7) is 10.2. The second-order valence-electron chi connectivity index (χ2n) is 6.18. The van der Waals surface area contributed by atoms with Gasteiger partial charge in [-0.25, -0.2) is 9.78 Å². The molecule has 0 radical (unpaired) electrons. The maximum absolute atomic E-state index is 11.3. The van der Waals surface area contributed by atoms with Gasteiger partial charge in [0.1, 0.15) is 5.82 Å². The molecule has 0 aliphatic carbocycles. The molecule has 21 heavy (non-hydrogen) atoms. The summed E-state index contributed by atoms with van der Waals surface area (Å²) in [5.74, 6) is -0.633. The molecular formula is C14H21BrN2O3Si. The summed E-state index contributed by atoms with van der Waals surface area (Å²) >= 11 is 3.29. The van der Waals surface area contributed by atoms with Crippen molar-refractivity contribution in [2.75, 3.05) is 5.32 Å². The third-order valence-electron chi connectivity index (χ3n) is 3.46. The first-order valence-electron chi connectivity index (χ1n) is 6.53. The number of rotatable bonds is 5. The Morgan fingerprint density at radius 3 is 2.48 bits per heavy atom. The number of carbonyl (C=O) groups is 1. The number of aromatic nitrogens is 1. The molecule has 0 aliphatic heterocycles. The minimum absolute atomic E-state index is 0.0720. The van der Waals surface area contributed by atoms with Crippen LogP contribution >= 0.6 is 15.9 Å². The van der Waals surface area contributed by atoms with Crippen molar-refractivity contribution in [1.82, 2.24) is 4.98 Å². The Hall–Kier alpha value is -1.34. The Kier molecular flexibility index (Phi) is 5.58. The lowest BCUT2D eigenvalue weighted by molar-refractivity contribution is -0.135. The van der Waals surface area contributed by atoms with Gasteiger partial charge in [0.05, 0.1) is 6.20 Å². The first-order valence-corrected chi connectivity index (χ1v) is 10.2. The van der Waals surface area contributed by atoms with E-state index in [0.29, 0.717) is 5.82 Å². The first kappa shape index (κ1) is 17.7. The molecule has 0 saturated carbocycles. The van der Waals surface area contributed by atoms with E-state index in [0.717, 1.165) is 4.47 Å². The number of hydrogen-bond donors (Lipinski definition) is 2. The molecule has 116 valence electrons. The zero-order valence-electron chi connectivity index (χ0n) is 12.9. The molecule has 1 rings (SSSR count). The van der Waals surface area contributed by atoms with Gasteiger partial charge in [-0.1, -0.05) is 20.8 Å². The molecule has 0 bridgehead atoms. The van der Waals surface area contributed by atoms with E-state index < -0.39 is 14.3 Å². The van der Waals surface area contributed by atoms with E-state index in [1.165, 1.54) is 6.20 Å². The number of nitrogens with zero attached hydrogens (tertiary/aromatic N) is 1. The first-order chi connectivity index (χ1) is 9.53. The molecule has 1 heterocycles. The Bertz CT molecular complexity index is 536. The molecule has 0 fully saturated rings. The smallest absolute Gasteiger partial charge is 0.371 e. The summed E-state index contributed by atoms with van der Waals surface area (Å²) in [5.41, 5.74) is 0. The van der Waals surface area contributed by atoms with Crippen LogP contribution in [-0.2, 0) is 9.22 Å². The van der Waals surface area contributed by atoms with Crippen molar-refractivity contribution < 1.29 is 14.3 Å². The molecule has 1 aromatic rings. The van der Waals surface area contributed by atoms with Gasteiger partial charge >= 0.3 is 5.97 Å². The number of halogens is 1. The van der Waals surface area contributed by atoms with E-state index >= 15 is 0 Å². The Balaban J connectivity index is 2.89. The van der Waals surface area contributed by atoms with E-state index in [9.17, 15) is 9.90 Å². The maximum atomic E-state index is 11.3. The van der Waals surface area contributed by atoms with E-state index in [-0.39, 0.29) is 10.8 Å². The number of pyridine rings is 1. The second-order valence-corrected chi connectivity index (χ2v) is 11.8. The fourth-order valence-electron chi connectivity index (χ4n) is 1.16. The van der Waals surface area contributed by atoms with Crippen LogP contribution < -0.4 is 5.32 Å². The van der Waals surface area contributed by atoms with Crippen LogP contribution in [0.3, 0.4) is 0 Å². The molecule has 7 heteroatoms. The molecule has 0 aliphatic rings. The summed E-state index contributed by atoms with van der Waals surface area (Å²) in [6, 6.07) is 3.56. The summed E-state index contributed by atoms with van der Waals surface area (Å²) in [7, 11) is -2.19. The molecule has 0 saturated heterocycles. The SMILES string of the molecule is CC(C)(C)[Si](C)(C)OC(=CNc1ccc(Br)cn1)C(=O)O. The molecule has 5 nitrogen and oxygen atoms in total. The second kappa shape index (κ2) is 6.61.